The first-order chi connectivity index (χ1) is 14.3. The minimum Gasteiger partial charge on any atom is -0.490 e. The maximum atomic E-state index is 13.8. The molecule has 2 aromatic rings. The van der Waals surface area contributed by atoms with E-state index in [4.69, 9.17) is 14.2 Å². The Labute approximate surface area is 171 Å². The van der Waals surface area contributed by atoms with Crippen LogP contribution in [0.15, 0.2) is 47.5 Å². The van der Waals surface area contributed by atoms with Crippen molar-refractivity contribution in [1.29, 1.82) is 0 Å². The van der Waals surface area contributed by atoms with Crippen LogP contribution in [0, 0.1) is 5.82 Å². The van der Waals surface area contributed by atoms with Crippen molar-refractivity contribution in [3.63, 3.8) is 0 Å². The predicted molar refractivity (Wildman–Crippen MR) is 113 cm³/mol. The van der Waals surface area contributed by atoms with Gasteiger partial charge < -0.3 is 24.8 Å². The van der Waals surface area contributed by atoms with E-state index in [1.807, 2.05) is 24.3 Å². The molecule has 0 atom stereocenters. The third-order valence-electron chi connectivity index (χ3n) is 4.43. The van der Waals surface area contributed by atoms with Crippen LogP contribution in [0.5, 0.6) is 11.5 Å². The zero-order chi connectivity index (χ0) is 20.3. The Kier molecular flexibility index (Phi) is 8.12. The molecule has 1 aliphatic rings. The fraction of sp³-hybridized carbons (Fsp3) is 0.409. The van der Waals surface area contributed by atoms with Crippen molar-refractivity contribution in [1.82, 2.24) is 5.32 Å². The van der Waals surface area contributed by atoms with E-state index in [2.05, 4.69) is 15.6 Å². The maximum Gasteiger partial charge on any atom is 0.195 e. The number of anilines is 1. The van der Waals surface area contributed by atoms with E-state index in [9.17, 15) is 4.39 Å². The van der Waals surface area contributed by atoms with Gasteiger partial charge >= 0.3 is 0 Å². The Balaban J connectivity index is 1.63. The standard InChI is InChI=1S/C22H28FN3O3/c1-27-13-4-11-24-22(25-12-10-17-6-2-3-7-19(17)23)26-18-8-9-20-21(16-18)29-15-5-14-28-20/h2-3,6-9,16H,4-5,10-15H2,1H3,(H2,24,25,26). The number of ether oxygens (including phenoxy) is 3. The molecule has 2 N–H and O–H groups in total. The molecule has 0 unspecified atom stereocenters. The molecule has 0 radical (unpaired) electrons. The molecule has 1 heterocycles. The summed E-state index contributed by atoms with van der Waals surface area (Å²) in [5, 5.41) is 6.57. The van der Waals surface area contributed by atoms with Crippen LogP contribution in [-0.4, -0.2) is 46.0 Å². The lowest BCUT2D eigenvalue weighted by Gasteiger charge is -2.15. The van der Waals surface area contributed by atoms with E-state index in [0.717, 1.165) is 30.0 Å². The van der Waals surface area contributed by atoms with Crippen LogP contribution in [-0.2, 0) is 11.2 Å². The number of methoxy groups -OCH3 is 1. The zero-order valence-electron chi connectivity index (χ0n) is 16.7. The quantitative estimate of drug-likeness (QED) is 0.402. The highest BCUT2D eigenvalue weighted by molar-refractivity contribution is 5.94. The number of hydrogen-bond donors (Lipinski definition) is 2. The second kappa shape index (κ2) is 11.3. The molecule has 29 heavy (non-hydrogen) atoms. The average molecular weight is 401 g/mol. The number of aliphatic imine (C=N–C) groups is 1. The fourth-order valence-corrected chi connectivity index (χ4v) is 2.93. The molecule has 0 saturated carbocycles. The van der Waals surface area contributed by atoms with Crippen LogP contribution in [0.2, 0.25) is 0 Å². The molecule has 0 amide bonds. The first kappa shape index (κ1) is 20.9. The van der Waals surface area contributed by atoms with Crippen LogP contribution in [0.1, 0.15) is 18.4 Å². The van der Waals surface area contributed by atoms with Gasteiger partial charge in [0.15, 0.2) is 17.5 Å². The maximum absolute atomic E-state index is 13.8. The lowest BCUT2D eigenvalue weighted by molar-refractivity contribution is 0.197. The smallest absolute Gasteiger partial charge is 0.195 e. The van der Waals surface area contributed by atoms with E-state index in [0.29, 0.717) is 50.9 Å². The Morgan fingerprint density at radius 3 is 2.79 bits per heavy atom. The van der Waals surface area contributed by atoms with Crippen molar-refractivity contribution in [2.24, 2.45) is 4.99 Å². The lowest BCUT2D eigenvalue weighted by Crippen LogP contribution is -2.33. The number of nitrogens with zero attached hydrogens (tertiary/aromatic N) is 1. The number of hydrogen-bond acceptors (Lipinski definition) is 4. The summed E-state index contributed by atoms with van der Waals surface area (Å²) in [5.74, 6) is 1.91. The second-order valence-corrected chi connectivity index (χ2v) is 6.68. The highest BCUT2D eigenvalue weighted by Gasteiger charge is 2.11. The van der Waals surface area contributed by atoms with Crippen molar-refractivity contribution < 1.29 is 18.6 Å². The van der Waals surface area contributed by atoms with Crippen molar-refractivity contribution in [3.05, 3.63) is 53.8 Å². The van der Waals surface area contributed by atoms with Gasteiger partial charge in [0.2, 0.25) is 0 Å². The molecule has 0 spiro atoms. The van der Waals surface area contributed by atoms with Crippen molar-refractivity contribution in [2.75, 3.05) is 45.3 Å². The van der Waals surface area contributed by atoms with Gasteiger partial charge in [0.1, 0.15) is 5.82 Å². The van der Waals surface area contributed by atoms with Crippen LogP contribution >= 0.6 is 0 Å². The monoisotopic (exact) mass is 401 g/mol. The Morgan fingerprint density at radius 1 is 1.14 bits per heavy atom. The number of guanidine groups is 1. The third kappa shape index (κ3) is 6.64. The summed E-state index contributed by atoms with van der Waals surface area (Å²) in [6.07, 6.45) is 2.24. The molecular formula is C22H28FN3O3. The van der Waals surface area contributed by atoms with Gasteiger partial charge in [-0.05, 0) is 36.6 Å². The van der Waals surface area contributed by atoms with E-state index in [-0.39, 0.29) is 5.82 Å². The molecule has 3 rings (SSSR count). The molecule has 0 bridgehead atoms. The van der Waals surface area contributed by atoms with Gasteiger partial charge in [-0.15, -0.1) is 0 Å². The Morgan fingerprint density at radius 2 is 1.97 bits per heavy atom. The van der Waals surface area contributed by atoms with Crippen LogP contribution in [0.4, 0.5) is 10.1 Å². The van der Waals surface area contributed by atoms with Gasteiger partial charge in [0, 0.05) is 45.0 Å². The minimum absolute atomic E-state index is 0.191. The molecule has 0 aliphatic carbocycles. The molecule has 7 heteroatoms. The molecule has 0 aromatic heterocycles. The van der Waals surface area contributed by atoms with E-state index in [1.54, 1.807) is 19.2 Å². The second-order valence-electron chi connectivity index (χ2n) is 6.68. The Hall–Kier alpha value is -2.80. The lowest BCUT2D eigenvalue weighted by atomic mass is 10.1. The molecule has 2 aromatic carbocycles. The highest BCUT2D eigenvalue weighted by atomic mass is 19.1. The summed E-state index contributed by atoms with van der Waals surface area (Å²) in [4.78, 5) is 4.59. The number of fused-ring (bicyclic) bond motifs is 1. The van der Waals surface area contributed by atoms with Crippen molar-refractivity contribution >= 4 is 11.6 Å². The molecule has 156 valence electrons. The summed E-state index contributed by atoms with van der Waals surface area (Å²) in [6, 6.07) is 12.5. The van der Waals surface area contributed by atoms with Crippen LogP contribution in [0.25, 0.3) is 0 Å². The number of rotatable bonds is 8. The fourth-order valence-electron chi connectivity index (χ4n) is 2.93. The minimum atomic E-state index is -0.191. The van der Waals surface area contributed by atoms with Crippen LogP contribution in [0.3, 0.4) is 0 Å². The van der Waals surface area contributed by atoms with Gasteiger partial charge in [0.25, 0.3) is 0 Å². The van der Waals surface area contributed by atoms with E-state index in [1.165, 1.54) is 6.07 Å². The predicted octanol–water partition coefficient (Wildman–Crippen LogP) is 3.62. The average Bonchev–Trinajstić information content (AvgIpc) is 2.97. The van der Waals surface area contributed by atoms with Gasteiger partial charge in [-0.1, -0.05) is 18.2 Å². The summed E-state index contributed by atoms with van der Waals surface area (Å²) < 4.78 is 30.3. The molecular weight excluding hydrogens is 373 g/mol. The normalized spacial score (nSPS) is 13.7. The van der Waals surface area contributed by atoms with Crippen molar-refractivity contribution in [3.8, 4) is 11.5 Å². The third-order valence-corrected chi connectivity index (χ3v) is 4.43. The number of halogens is 1. The molecule has 1 aliphatic heterocycles. The molecule has 0 saturated heterocycles. The summed E-state index contributed by atoms with van der Waals surface area (Å²) in [5.41, 5.74) is 1.52. The molecule has 0 fully saturated rings. The summed E-state index contributed by atoms with van der Waals surface area (Å²) in [6.45, 7) is 3.12. The highest BCUT2D eigenvalue weighted by Crippen LogP contribution is 2.32. The van der Waals surface area contributed by atoms with Gasteiger partial charge in [0.05, 0.1) is 13.2 Å². The zero-order valence-corrected chi connectivity index (χ0v) is 16.7. The Bertz CT molecular complexity index is 814. The number of nitrogens with one attached hydrogen (secondary N) is 2. The summed E-state index contributed by atoms with van der Waals surface area (Å²) >= 11 is 0. The topological polar surface area (TPSA) is 64.1 Å². The van der Waals surface area contributed by atoms with E-state index < -0.39 is 0 Å². The van der Waals surface area contributed by atoms with Gasteiger partial charge in [-0.3, -0.25) is 4.99 Å². The van der Waals surface area contributed by atoms with Gasteiger partial charge in [-0.25, -0.2) is 4.39 Å². The van der Waals surface area contributed by atoms with Gasteiger partial charge in [-0.2, -0.15) is 0 Å². The largest absolute Gasteiger partial charge is 0.490 e. The van der Waals surface area contributed by atoms with Crippen LogP contribution < -0.4 is 20.1 Å². The molecule has 6 nitrogen and oxygen atoms in total. The first-order valence-corrected chi connectivity index (χ1v) is 9.93. The summed E-state index contributed by atoms with van der Waals surface area (Å²) in [7, 11) is 1.67. The SMILES string of the molecule is COCCCN=C(NCCc1ccccc1F)Nc1ccc2c(c1)OCCCO2. The van der Waals surface area contributed by atoms with Crippen molar-refractivity contribution in [2.45, 2.75) is 19.3 Å². The van der Waals surface area contributed by atoms with E-state index >= 15 is 0 Å². The first-order valence-electron chi connectivity index (χ1n) is 9.93. The number of benzene rings is 2.